The molecule has 7 heteroatoms. The molecule has 3 aromatic carbocycles. The van der Waals surface area contributed by atoms with Crippen molar-refractivity contribution in [1.29, 1.82) is 0 Å². The molecule has 34 heavy (non-hydrogen) atoms. The first-order valence-electron chi connectivity index (χ1n) is 11.2. The quantitative estimate of drug-likeness (QED) is 0.307. The van der Waals surface area contributed by atoms with Crippen LogP contribution in [-0.4, -0.2) is 26.8 Å². The second-order valence-corrected chi connectivity index (χ2v) is 9.93. The Morgan fingerprint density at radius 1 is 0.912 bits per heavy atom. The minimum absolute atomic E-state index is 0.0648. The van der Waals surface area contributed by atoms with Gasteiger partial charge in [0.1, 0.15) is 0 Å². The van der Waals surface area contributed by atoms with Crippen LogP contribution in [0.1, 0.15) is 57.2 Å². The van der Waals surface area contributed by atoms with E-state index in [2.05, 4.69) is 11.6 Å². The van der Waals surface area contributed by atoms with Gasteiger partial charge in [0.2, 0.25) is 0 Å². The first-order valence-corrected chi connectivity index (χ1v) is 12.7. The fourth-order valence-electron chi connectivity index (χ4n) is 3.35. The number of carbonyl (C=O) groups is 2. The van der Waals surface area contributed by atoms with E-state index in [0.29, 0.717) is 16.8 Å². The molecule has 0 bridgehead atoms. The highest BCUT2D eigenvalue weighted by atomic mass is 32.2. The van der Waals surface area contributed by atoms with Crippen molar-refractivity contribution >= 4 is 27.5 Å². The zero-order chi connectivity index (χ0) is 24.7. The maximum Gasteiger partial charge on any atom is 0.338 e. The third-order valence-corrected chi connectivity index (χ3v) is 6.85. The van der Waals surface area contributed by atoms with E-state index in [9.17, 15) is 18.0 Å². The number of hydrogen-bond donors (Lipinski definition) is 1. The fourth-order valence-corrected chi connectivity index (χ4v) is 4.44. The number of esters is 1. The number of Topliss-reactive ketones (excluding diaryl/α,β-unsaturated/α-hetero) is 1. The van der Waals surface area contributed by atoms with Crippen LogP contribution in [0, 0.1) is 13.8 Å². The number of anilines is 1. The van der Waals surface area contributed by atoms with Gasteiger partial charge < -0.3 is 4.74 Å². The van der Waals surface area contributed by atoms with E-state index < -0.39 is 22.6 Å². The molecule has 0 aliphatic carbocycles. The van der Waals surface area contributed by atoms with Gasteiger partial charge in [-0.1, -0.05) is 61.4 Å². The average molecular weight is 480 g/mol. The first-order chi connectivity index (χ1) is 16.2. The number of ketones is 1. The van der Waals surface area contributed by atoms with E-state index >= 15 is 0 Å². The Morgan fingerprint density at radius 2 is 1.59 bits per heavy atom. The standard InChI is InChI=1S/C27H29NO5S/c1-4-5-6-21-10-14-23(15-11-21)28-34(31,32)24-16-9-20(3)25(17-24)27(30)33-18-26(29)22-12-7-19(2)8-13-22/h7-17,28H,4-6,18H2,1-3H3. The van der Waals surface area contributed by atoms with Gasteiger partial charge in [0.25, 0.3) is 10.0 Å². The monoisotopic (exact) mass is 479 g/mol. The van der Waals surface area contributed by atoms with Crippen molar-refractivity contribution in [3.05, 3.63) is 94.5 Å². The zero-order valence-electron chi connectivity index (χ0n) is 19.6. The van der Waals surface area contributed by atoms with Crippen LogP contribution in [-0.2, 0) is 21.2 Å². The number of benzene rings is 3. The molecule has 6 nitrogen and oxygen atoms in total. The Balaban J connectivity index is 1.70. The number of hydrogen-bond acceptors (Lipinski definition) is 5. The summed E-state index contributed by atoms with van der Waals surface area (Å²) in [5, 5.41) is 0. The summed E-state index contributed by atoms with van der Waals surface area (Å²) in [6.45, 7) is 5.28. The van der Waals surface area contributed by atoms with Crippen molar-refractivity contribution in [1.82, 2.24) is 0 Å². The minimum atomic E-state index is -3.92. The van der Waals surface area contributed by atoms with Crippen LogP contribution in [0.15, 0.2) is 71.6 Å². The second-order valence-electron chi connectivity index (χ2n) is 8.25. The highest BCUT2D eigenvalue weighted by molar-refractivity contribution is 7.92. The van der Waals surface area contributed by atoms with E-state index in [-0.39, 0.29) is 16.2 Å². The number of aryl methyl sites for hydroxylation is 3. The molecular weight excluding hydrogens is 450 g/mol. The molecule has 0 aliphatic heterocycles. The zero-order valence-corrected chi connectivity index (χ0v) is 20.4. The predicted octanol–water partition coefficient (Wildman–Crippen LogP) is 5.49. The molecule has 178 valence electrons. The number of nitrogens with one attached hydrogen (secondary N) is 1. The lowest BCUT2D eigenvalue weighted by Gasteiger charge is -2.12. The average Bonchev–Trinajstić information content (AvgIpc) is 2.82. The van der Waals surface area contributed by atoms with Crippen molar-refractivity contribution in [2.75, 3.05) is 11.3 Å². The summed E-state index contributed by atoms with van der Waals surface area (Å²) in [6, 6.07) is 18.4. The number of rotatable bonds is 10. The van der Waals surface area contributed by atoms with Crippen LogP contribution in [0.4, 0.5) is 5.69 Å². The molecule has 0 saturated carbocycles. The summed E-state index contributed by atoms with van der Waals surface area (Å²) in [5.41, 5.74) is 3.68. The van der Waals surface area contributed by atoms with Crippen molar-refractivity contribution in [2.45, 2.75) is 44.9 Å². The predicted molar refractivity (Wildman–Crippen MR) is 133 cm³/mol. The van der Waals surface area contributed by atoms with Gasteiger partial charge in [-0.05, 0) is 62.1 Å². The van der Waals surface area contributed by atoms with Gasteiger partial charge in [0.05, 0.1) is 10.5 Å². The summed E-state index contributed by atoms with van der Waals surface area (Å²) in [6.07, 6.45) is 3.11. The highest BCUT2D eigenvalue weighted by Gasteiger charge is 2.20. The van der Waals surface area contributed by atoms with Crippen molar-refractivity contribution in [2.24, 2.45) is 0 Å². The first kappa shape index (κ1) is 25.2. The molecular formula is C27H29NO5S. The molecule has 0 aliphatic rings. The molecule has 3 rings (SSSR count). The summed E-state index contributed by atoms with van der Waals surface area (Å²) in [7, 11) is -3.92. The van der Waals surface area contributed by atoms with Crippen LogP contribution >= 0.6 is 0 Å². The molecule has 0 aromatic heterocycles. The summed E-state index contributed by atoms with van der Waals surface area (Å²) < 4.78 is 33.5. The lowest BCUT2D eigenvalue weighted by molar-refractivity contribution is 0.0473. The van der Waals surface area contributed by atoms with Crippen molar-refractivity contribution in [3.63, 3.8) is 0 Å². The Bertz CT molecular complexity index is 1260. The molecule has 0 heterocycles. The van der Waals surface area contributed by atoms with Crippen LogP contribution < -0.4 is 4.72 Å². The normalized spacial score (nSPS) is 11.1. The number of carbonyl (C=O) groups excluding carboxylic acids is 2. The molecule has 0 amide bonds. The van der Waals surface area contributed by atoms with Crippen molar-refractivity contribution < 1.29 is 22.7 Å². The molecule has 0 fully saturated rings. The Labute approximate surface area is 201 Å². The lowest BCUT2D eigenvalue weighted by atomic mass is 10.1. The van der Waals surface area contributed by atoms with Gasteiger partial charge in [0, 0.05) is 11.3 Å². The fraction of sp³-hybridized carbons (Fsp3) is 0.259. The third-order valence-electron chi connectivity index (χ3n) is 5.47. The van der Waals surface area contributed by atoms with Gasteiger partial charge in [-0.3, -0.25) is 9.52 Å². The maximum atomic E-state index is 12.9. The van der Waals surface area contributed by atoms with Crippen LogP contribution in [0.5, 0.6) is 0 Å². The summed E-state index contributed by atoms with van der Waals surface area (Å²) in [4.78, 5) is 24.9. The molecule has 0 atom stereocenters. The van der Waals surface area contributed by atoms with E-state index in [0.717, 1.165) is 30.4 Å². The van der Waals surface area contributed by atoms with Gasteiger partial charge in [-0.25, -0.2) is 13.2 Å². The van der Waals surface area contributed by atoms with E-state index in [1.165, 1.54) is 12.1 Å². The Hall–Kier alpha value is -3.45. The number of sulfonamides is 1. The third kappa shape index (κ3) is 6.54. The van der Waals surface area contributed by atoms with Crippen LogP contribution in [0.25, 0.3) is 0 Å². The van der Waals surface area contributed by atoms with Gasteiger partial charge >= 0.3 is 5.97 Å². The molecule has 0 spiro atoms. The molecule has 0 saturated heterocycles. The largest absolute Gasteiger partial charge is 0.454 e. The molecule has 0 radical (unpaired) electrons. The van der Waals surface area contributed by atoms with Crippen LogP contribution in [0.3, 0.4) is 0 Å². The second kappa shape index (κ2) is 11.1. The molecule has 1 N–H and O–H groups in total. The smallest absolute Gasteiger partial charge is 0.338 e. The maximum absolute atomic E-state index is 12.9. The van der Waals surface area contributed by atoms with E-state index in [1.54, 1.807) is 49.4 Å². The molecule has 3 aromatic rings. The molecule has 0 unspecified atom stereocenters. The Kier molecular flexibility index (Phi) is 8.23. The van der Waals surface area contributed by atoms with Gasteiger partial charge in [-0.15, -0.1) is 0 Å². The summed E-state index contributed by atoms with van der Waals surface area (Å²) >= 11 is 0. The number of unbranched alkanes of at least 4 members (excludes halogenated alkanes) is 1. The van der Waals surface area contributed by atoms with Gasteiger partial charge in [-0.2, -0.15) is 0 Å². The topological polar surface area (TPSA) is 89.5 Å². The Morgan fingerprint density at radius 3 is 2.24 bits per heavy atom. The lowest BCUT2D eigenvalue weighted by Crippen LogP contribution is -2.17. The van der Waals surface area contributed by atoms with E-state index in [1.807, 2.05) is 19.1 Å². The van der Waals surface area contributed by atoms with Crippen molar-refractivity contribution in [3.8, 4) is 0 Å². The minimum Gasteiger partial charge on any atom is -0.454 e. The number of ether oxygens (including phenoxy) is 1. The van der Waals surface area contributed by atoms with E-state index in [4.69, 9.17) is 4.74 Å². The SMILES string of the molecule is CCCCc1ccc(NS(=O)(=O)c2ccc(C)c(C(=O)OCC(=O)c3ccc(C)cc3)c2)cc1. The summed E-state index contributed by atoms with van der Waals surface area (Å²) in [5.74, 6) is -1.09. The van der Waals surface area contributed by atoms with Crippen LogP contribution in [0.2, 0.25) is 0 Å². The highest BCUT2D eigenvalue weighted by Crippen LogP contribution is 2.21. The van der Waals surface area contributed by atoms with Gasteiger partial charge in [0.15, 0.2) is 12.4 Å².